The Morgan fingerprint density at radius 2 is 1.07 bits per heavy atom. The molecule has 4 nitrogen and oxygen atoms in total. The zero-order chi connectivity index (χ0) is 29.9. The molecule has 0 saturated heterocycles. The third-order valence-electron chi connectivity index (χ3n) is 8.34. The smallest absolute Gasteiger partial charge is 0.160 e. The second-order valence-corrected chi connectivity index (χ2v) is 12.1. The number of furan rings is 2. The number of fused-ring (bicyclic) bond motifs is 6. The summed E-state index contributed by atoms with van der Waals surface area (Å²) in [5.41, 5.74) is 10.1. The standard InChI is InChI=1S/C40H23BrN2O2/c41-28-20-26(29-13-8-14-32-30-11-4-7-16-37(30)45-39(29)32)19-27(21-28)35-23-34(42-40(43-35)24-9-2-1-3-10-24)25-17-18-38-33(22-25)31-12-5-6-15-36(31)44-38/h1-23H. The Morgan fingerprint density at radius 1 is 0.422 bits per heavy atom. The number of nitrogens with zero attached hydrogens (tertiary/aromatic N) is 2. The average molecular weight is 644 g/mol. The Hall–Kier alpha value is -5.52. The van der Waals surface area contributed by atoms with Crippen LogP contribution in [-0.4, -0.2) is 9.97 Å². The number of halogens is 1. The van der Waals surface area contributed by atoms with Crippen molar-refractivity contribution < 1.29 is 8.83 Å². The SMILES string of the molecule is Brc1cc(-c2cc(-c3ccc4oc5ccccc5c4c3)nc(-c3ccccc3)n2)cc(-c2cccc3c2oc2ccccc23)c1. The van der Waals surface area contributed by atoms with Crippen molar-refractivity contribution in [3.63, 3.8) is 0 Å². The lowest BCUT2D eigenvalue weighted by Gasteiger charge is -2.12. The zero-order valence-electron chi connectivity index (χ0n) is 23.9. The molecule has 212 valence electrons. The average Bonchev–Trinajstić information content (AvgIpc) is 3.66. The van der Waals surface area contributed by atoms with Crippen molar-refractivity contribution in [2.45, 2.75) is 0 Å². The molecule has 5 heteroatoms. The number of hydrogen-bond donors (Lipinski definition) is 0. The van der Waals surface area contributed by atoms with Gasteiger partial charge in [0.05, 0.1) is 11.4 Å². The largest absolute Gasteiger partial charge is 0.456 e. The molecule has 0 unspecified atom stereocenters. The highest BCUT2D eigenvalue weighted by molar-refractivity contribution is 9.10. The predicted molar refractivity (Wildman–Crippen MR) is 186 cm³/mol. The molecule has 6 aromatic carbocycles. The van der Waals surface area contributed by atoms with Gasteiger partial charge in [0.2, 0.25) is 0 Å². The number of para-hydroxylation sites is 3. The lowest BCUT2D eigenvalue weighted by Crippen LogP contribution is -1.96. The summed E-state index contributed by atoms with van der Waals surface area (Å²) in [6, 6.07) is 47.5. The molecular weight excluding hydrogens is 620 g/mol. The van der Waals surface area contributed by atoms with Gasteiger partial charge in [-0.05, 0) is 60.2 Å². The summed E-state index contributed by atoms with van der Waals surface area (Å²) >= 11 is 3.79. The Morgan fingerprint density at radius 3 is 1.89 bits per heavy atom. The number of hydrogen-bond acceptors (Lipinski definition) is 4. The van der Waals surface area contributed by atoms with E-state index in [-0.39, 0.29) is 0 Å². The summed E-state index contributed by atoms with van der Waals surface area (Å²) in [4.78, 5) is 10.2. The van der Waals surface area contributed by atoms with Crippen molar-refractivity contribution in [1.29, 1.82) is 0 Å². The van der Waals surface area contributed by atoms with E-state index in [0.717, 1.165) is 87.6 Å². The van der Waals surface area contributed by atoms with Crippen LogP contribution in [0.15, 0.2) is 153 Å². The summed E-state index contributed by atoms with van der Waals surface area (Å²) in [6.45, 7) is 0. The summed E-state index contributed by atoms with van der Waals surface area (Å²) in [7, 11) is 0. The van der Waals surface area contributed by atoms with E-state index in [1.54, 1.807) is 0 Å². The first-order valence-corrected chi connectivity index (χ1v) is 15.5. The van der Waals surface area contributed by atoms with E-state index in [0.29, 0.717) is 5.82 Å². The highest BCUT2D eigenvalue weighted by Crippen LogP contribution is 2.39. The molecule has 0 atom stereocenters. The minimum atomic E-state index is 0.668. The second kappa shape index (κ2) is 10.3. The maximum atomic E-state index is 6.39. The quantitative estimate of drug-likeness (QED) is 0.192. The third-order valence-corrected chi connectivity index (χ3v) is 8.80. The van der Waals surface area contributed by atoms with E-state index in [1.807, 2.05) is 72.8 Å². The molecule has 0 aliphatic rings. The molecule has 3 heterocycles. The summed E-state index contributed by atoms with van der Waals surface area (Å²) in [5.74, 6) is 0.668. The lowest BCUT2D eigenvalue weighted by atomic mass is 9.98. The van der Waals surface area contributed by atoms with E-state index in [9.17, 15) is 0 Å². The van der Waals surface area contributed by atoms with Crippen LogP contribution in [0.2, 0.25) is 0 Å². The van der Waals surface area contributed by atoms with Crippen LogP contribution in [0.1, 0.15) is 0 Å². The van der Waals surface area contributed by atoms with Gasteiger partial charge in [-0.15, -0.1) is 0 Å². The molecule has 0 aliphatic heterocycles. The first-order chi connectivity index (χ1) is 22.2. The Kier molecular flexibility index (Phi) is 5.93. The molecular formula is C40H23BrN2O2. The normalized spacial score (nSPS) is 11.7. The molecule has 9 rings (SSSR count). The molecule has 0 N–H and O–H groups in total. The minimum absolute atomic E-state index is 0.668. The van der Waals surface area contributed by atoms with Crippen molar-refractivity contribution in [2.75, 3.05) is 0 Å². The molecule has 0 radical (unpaired) electrons. The van der Waals surface area contributed by atoms with E-state index < -0.39 is 0 Å². The van der Waals surface area contributed by atoms with Gasteiger partial charge in [-0.1, -0.05) is 101 Å². The minimum Gasteiger partial charge on any atom is -0.456 e. The van der Waals surface area contributed by atoms with Crippen LogP contribution < -0.4 is 0 Å². The van der Waals surface area contributed by atoms with Gasteiger partial charge >= 0.3 is 0 Å². The fourth-order valence-electron chi connectivity index (χ4n) is 6.21. The monoisotopic (exact) mass is 642 g/mol. The van der Waals surface area contributed by atoms with Crippen LogP contribution >= 0.6 is 15.9 Å². The molecule has 0 spiro atoms. The fraction of sp³-hybridized carbons (Fsp3) is 0. The maximum Gasteiger partial charge on any atom is 0.160 e. The van der Waals surface area contributed by atoms with Gasteiger partial charge in [-0.3, -0.25) is 0 Å². The summed E-state index contributed by atoms with van der Waals surface area (Å²) in [6.07, 6.45) is 0. The Bertz CT molecular complexity index is 2560. The van der Waals surface area contributed by atoms with Crippen molar-refractivity contribution >= 4 is 59.8 Å². The first-order valence-electron chi connectivity index (χ1n) is 14.8. The van der Waals surface area contributed by atoms with Crippen molar-refractivity contribution in [2.24, 2.45) is 0 Å². The highest BCUT2D eigenvalue weighted by atomic mass is 79.9. The molecule has 0 amide bonds. The summed E-state index contributed by atoms with van der Waals surface area (Å²) < 4.78 is 13.4. The van der Waals surface area contributed by atoms with Gasteiger partial charge in [0, 0.05) is 48.3 Å². The molecule has 0 bridgehead atoms. The van der Waals surface area contributed by atoms with Crippen LogP contribution in [0, 0.1) is 0 Å². The van der Waals surface area contributed by atoms with Crippen molar-refractivity contribution in [3.8, 4) is 45.0 Å². The zero-order valence-corrected chi connectivity index (χ0v) is 25.5. The van der Waals surface area contributed by atoms with E-state index in [2.05, 4.69) is 82.7 Å². The molecule has 0 saturated carbocycles. The van der Waals surface area contributed by atoms with Crippen LogP contribution in [0.5, 0.6) is 0 Å². The summed E-state index contributed by atoms with van der Waals surface area (Å²) in [5, 5.41) is 4.36. The molecule has 45 heavy (non-hydrogen) atoms. The molecule has 0 fully saturated rings. The topological polar surface area (TPSA) is 52.1 Å². The van der Waals surface area contributed by atoms with Gasteiger partial charge < -0.3 is 8.83 Å². The van der Waals surface area contributed by atoms with Gasteiger partial charge in [0.1, 0.15) is 22.3 Å². The van der Waals surface area contributed by atoms with Crippen LogP contribution in [0.4, 0.5) is 0 Å². The third kappa shape index (κ3) is 4.43. The van der Waals surface area contributed by atoms with E-state index >= 15 is 0 Å². The predicted octanol–water partition coefficient (Wildman–Crippen LogP) is 11.7. The second-order valence-electron chi connectivity index (χ2n) is 11.1. The number of aromatic nitrogens is 2. The van der Waals surface area contributed by atoms with Gasteiger partial charge in [0.15, 0.2) is 5.82 Å². The highest BCUT2D eigenvalue weighted by Gasteiger charge is 2.16. The fourth-order valence-corrected chi connectivity index (χ4v) is 6.71. The lowest BCUT2D eigenvalue weighted by molar-refractivity contribution is 0.669. The maximum absolute atomic E-state index is 6.39. The Labute approximate surface area is 266 Å². The molecule has 9 aromatic rings. The Balaban J connectivity index is 1.24. The van der Waals surface area contributed by atoms with Crippen LogP contribution in [-0.2, 0) is 0 Å². The van der Waals surface area contributed by atoms with Gasteiger partial charge in [0.25, 0.3) is 0 Å². The number of rotatable bonds is 4. The van der Waals surface area contributed by atoms with Crippen molar-refractivity contribution in [1.82, 2.24) is 9.97 Å². The number of benzene rings is 6. The van der Waals surface area contributed by atoms with Gasteiger partial charge in [-0.25, -0.2) is 9.97 Å². The molecule has 3 aromatic heterocycles. The van der Waals surface area contributed by atoms with Crippen LogP contribution in [0.3, 0.4) is 0 Å². The van der Waals surface area contributed by atoms with Gasteiger partial charge in [-0.2, -0.15) is 0 Å². The van der Waals surface area contributed by atoms with Crippen LogP contribution in [0.25, 0.3) is 88.9 Å². The molecule has 0 aliphatic carbocycles. The van der Waals surface area contributed by atoms with E-state index in [4.69, 9.17) is 18.8 Å². The first kappa shape index (κ1) is 25.9. The van der Waals surface area contributed by atoms with E-state index in [1.165, 1.54) is 0 Å². The van der Waals surface area contributed by atoms with Crippen molar-refractivity contribution in [3.05, 3.63) is 144 Å².